The average molecular weight is 353 g/mol. The smallest absolute Gasteiger partial charge is 0.0666 e. The maximum absolute atomic E-state index is 6.35. The molecule has 1 aliphatic rings. The zero-order valence-electron chi connectivity index (χ0n) is 14.8. The maximum Gasteiger partial charge on any atom is 0.0666 e. The Morgan fingerprint density at radius 3 is 2.56 bits per heavy atom. The highest BCUT2D eigenvalue weighted by molar-refractivity contribution is 6.35. The summed E-state index contributed by atoms with van der Waals surface area (Å²) in [5, 5.41) is 2.07. The Bertz CT molecular complexity index is 845. The van der Waals surface area contributed by atoms with Crippen LogP contribution in [0.4, 0.5) is 5.69 Å². The second kappa shape index (κ2) is 7.13. The number of aromatic nitrogens is 1. The number of hydrogen-bond donors (Lipinski definition) is 1. The third-order valence-corrected chi connectivity index (χ3v) is 5.87. The Kier molecular flexibility index (Phi) is 4.72. The minimum atomic E-state index is 0.810. The highest BCUT2D eigenvalue weighted by Gasteiger charge is 2.23. The molecule has 3 aromatic rings. The number of nitrogens with one attached hydrogen (secondary N) is 1. The van der Waals surface area contributed by atoms with Crippen molar-refractivity contribution >= 4 is 28.2 Å². The van der Waals surface area contributed by atoms with Crippen molar-refractivity contribution in [3.8, 4) is 0 Å². The van der Waals surface area contributed by atoms with Gasteiger partial charge < -0.3 is 9.88 Å². The Hall–Kier alpha value is -1.93. The van der Waals surface area contributed by atoms with Crippen molar-refractivity contribution in [1.82, 2.24) is 4.98 Å². The lowest BCUT2D eigenvalue weighted by Crippen LogP contribution is -2.34. The molecule has 1 aromatic heterocycles. The van der Waals surface area contributed by atoms with Gasteiger partial charge in [-0.15, -0.1) is 0 Å². The van der Waals surface area contributed by atoms with Crippen LogP contribution in [0.3, 0.4) is 0 Å². The van der Waals surface area contributed by atoms with Crippen LogP contribution in [-0.4, -0.2) is 18.1 Å². The molecule has 0 spiro atoms. The number of nitrogens with zero attached hydrogens (tertiary/aromatic N) is 1. The van der Waals surface area contributed by atoms with Gasteiger partial charge in [-0.2, -0.15) is 0 Å². The summed E-state index contributed by atoms with van der Waals surface area (Å²) in [6.45, 7) is 4.44. The first-order chi connectivity index (χ1) is 12.2. The number of anilines is 1. The summed E-state index contributed by atoms with van der Waals surface area (Å²) >= 11 is 6.35. The van der Waals surface area contributed by atoms with E-state index in [9.17, 15) is 0 Å². The molecule has 2 aromatic carbocycles. The van der Waals surface area contributed by atoms with Gasteiger partial charge in [-0.25, -0.2) is 0 Å². The van der Waals surface area contributed by atoms with Crippen LogP contribution in [-0.2, 0) is 6.42 Å². The van der Waals surface area contributed by atoms with Crippen molar-refractivity contribution in [2.24, 2.45) is 5.92 Å². The minimum absolute atomic E-state index is 0.810. The zero-order chi connectivity index (χ0) is 17.2. The van der Waals surface area contributed by atoms with E-state index in [4.69, 9.17) is 11.6 Å². The van der Waals surface area contributed by atoms with Crippen molar-refractivity contribution in [3.63, 3.8) is 0 Å². The second-order valence-electron chi connectivity index (χ2n) is 7.22. The van der Waals surface area contributed by atoms with Crippen molar-refractivity contribution in [3.05, 3.63) is 64.8 Å². The van der Waals surface area contributed by atoms with Crippen LogP contribution < -0.4 is 4.90 Å². The van der Waals surface area contributed by atoms with Crippen molar-refractivity contribution < 1.29 is 0 Å². The Labute approximate surface area is 154 Å². The van der Waals surface area contributed by atoms with E-state index < -0.39 is 0 Å². The predicted octanol–water partition coefficient (Wildman–Crippen LogP) is 5.98. The molecule has 0 amide bonds. The number of aryl methyl sites for hydroxylation is 2. The van der Waals surface area contributed by atoms with Crippen LogP contribution >= 0.6 is 11.6 Å². The quantitative estimate of drug-likeness (QED) is 0.612. The van der Waals surface area contributed by atoms with Gasteiger partial charge in [0.25, 0.3) is 0 Å². The summed E-state index contributed by atoms with van der Waals surface area (Å²) in [7, 11) is 0. The first kappa shape index (κ1) is 16.5. The van der Waals surface area contributed by atoms with Crippen LogP contribution in [0, 0.1) is 12.8 Å². The summed E-state index contributed by atoms with van der Waals surface area (Å²) in [5.41, 5.74) is 5.11. The van der Waals surface area contributed by atoms with Crippen LogP contribution in [0.25, 0.3) is 10.9 Å². The topological polar surface area (TPSA) is 19.0 Å². The van der Waals surface area contributed by atoms with Gasteiger partial charge in [0.1, 0.15) is 0 Å². The van der Waals surface area contributed by atoms with E-state index >= 15 is 0 Å². The molecule has 2 nitrogen and oxygen atoms in total. The summed E-state index contributed by atoms with van der Waals surface area (Å²) in [6, 6.07) is 17.1. The number of rotatable bonds is 4. The summed E-state index contributed by atoms with van der Waals surface area (Å²) in [5.74, 6) is 0.838. The third-order valence-electron chi connectivity index (χ3n) is 5.55. The summed E-state index contributed by atoms with van der Waals surface area (Å²) in [4.78, 5) is 6.02. The van der Waals surface area contributed by atoms with Crippen LogP contribution in [0.5, 0.6) is 0 Å². The maximum atomic E-state index is 6.35. The van der Waals surface area contributed by atoms with E-state index in [0.717, 1.165) is 29.5 Å². The van der Waals surface area contributed by atoms with Crippen LogP contribution in [0.15, 0.2) is 48.5 Å². The molecule has 0 bridgehead atoms. The molecule has 25 heavy (non-hydrogen) atoms. The lowest BCUT2D eigenvalue weighted by Gasteiger charge is -2.34. The zero-order valence-corrected chi connectivity index (χ0v) is 15.5. The SMILES string of the molecule is Cc1[nH]c2c(Cl)cccc2c1N1CCC(CCc2ccccc2)CC1. The minimum Gasteiger partial charge on any atom is -0.370 e. The fourth-order valence-corrected chi connectivity index (χ4v) is 4.39. The van der Waals surface area contributed by atoms with Gasteiger partial charge in [0.15, 0.2) is 0 Å². The van der Waals surface area contributed by atoms with E-state index in [0.29, 0.717) is 0 Å². The number of fused-ring (bicyclic) bond motifs is 1. The first-order valence-corrected chi connectivity index (χ1v) is 9.66. The van der Waals surface area contributed by atoms with Gasteiger partial charge in [0, 0.05) is 24.2 Å². The Morgan fingerprint density at radius 2 is 1.80 bits per heavy atom. The van der Waals surface area contributed by atoms with Gasteiger partial charge >= 0.3 is 0 Å². The summed E-state index contributed by atoms with van der Waals surface area (Å²) in [6.07, 6.45) is 5.06. The molecule has 1 fully saturated rings. The van der Waals surface area contributed by atoms with Gasteiger partial charge in [-0.3, -0.25) is 0 Å². The molecule has 2 heterocycles. The molecule has 0 unspecified atom stereocenters. The number of benzene rings is 2. The van der Waals surface area contributed by atoms with Gasteiger partial charge in [-0.1, -0.05) is 54.1 Å². The molecule has 0 saturated carbocycles. The molecular formula is C22H25ClN2. The van der Waals surface area contributed by atoms with E-state index in [-0.39, 0.29) is 0 Å². The van der Waals surface area contributed by atoms with Gasteiger partial charge in [-0.05, 0) is 50.2 Å². The number of piperidine rings is 1. The molecular weight excluding hydrogens is 328 g/mol. The van der Waals surface area contributed by atoms with E-state index in [2.05, 4.69) is 53.2 Å². The van der Waals surface area contributed by atoms with Crippen LogP contribution in [0.2, 0.25) is 5.02 Å². The van der Waals surface area contributed by atoms with Crippen molar-refractivity contribution in [2.45, 2.75) is 32.6 Å². The third kappa shape index (κ3) is 3.41. The standard InChI is InChI=1S/C22H25ClN2/c1-16-22(19-8-5-9-20(23)21(19)24-16)25-14-12-18(13-15-25)11-10-17-6-3-2-4-7-17/h2-9,18,24H,10-15H2,1H3. The Balaban J connectivity index is 1.42. The largest absolute Gasteiger partial charge is 0.370 e. The molecule has 3 heteroatoms. The molecule has 0 atom stereocenters. The predicted molar refractivity (Wildman–Crippen MR) is 108 cm³/mol. The van der Waals surface area contributed by atoms with Crippen LogP contribution in [0.1, 0.15) is 30.5 Å². The van der Waals surface area contributed by atoms with Crippen molar-refractivity contribution in [1.29, 1.82) is 0 Å². The van der Waals surface area contributed by atoms with E-state index in [1.54, 1.807) is 0 Å². The van der Waals surface area contributed by atoms with E-state index in [1.165, 1.54) is 48.0 Å². The highest BCUT2D eigenvalue weighted by atomic mass is 35.5. The fraction of sp³-hybridized carbons (Fsp3) is 0.364. The molecule has 130 valence electrons. The van der Waals surface area contributed by atoms with Gasteiger partial charge in [0.2, 0.25) is 0 Å². The molecule has 1 saturated heterocycles. The second-order valence-corrected chi connectivity index (χ2v) is 7.62. The van der Waals surface area contributed by atoms with E-state index in [1.807, 2.05) is 12.1 Å². The highest BCUT2D eigenvalue weighted by Crippen LogP contribution is 2.36. The first-order valence-electron chi connectivity index (χ1n) is 9.28. The molecule has 0 radical (unpaired) electrons. The lowest BCUT2D eigenvalue weighted by atomic mass is 9.90. The number of para-hydroxylation sites is 1. The van der Waals surface area contributed by atoms with Gasteiger partial charge in [0.05, 0.1) is 16.2 Å². The van der Waals surface area contributed by atoms with Crippen molar-refractivity contribution in [2.75, 3.05) is 18.0 Å². The normalized spacial score (nSPS) is 15.8. The lowest BCUT2D eigenvalue weighted by molar-refractivity contribution is 0.382. The Morgan fingerprint density at radius 1 is 1.04 bits per heavy atom. The number of aromatic amines is 1. The number of hydrogen-bond acceptors (Lipinski definition) is 1. The molecule has 1 N–H and O–H groups in total. The number of H-pyrrole nitrogens is 1. The summed E-state index contributed by atoms with van der Waals surface area (Å²) < 4.78 is 0. The molecule has 0 aliphatic carbocycles. The monoisotopic (exact) mass is 352 g/mol. The number of halogens is 1. The average Bonchev–Trinajstić information content (AvgIpc) is 2.99. The fourth-order valence-electron chi connectivity index (χ4n) is 4.17. The molecule has 4 rings (SSSR count). The molecule has 1 aliphatic heterocycles.